The Morgan fingerprint density at radius 3 is 1.50 bits per heavy atom. The quantitative estimate of drug-likeness (QED) is 0.395. The van der Waals surface area contributed by atoms with Gasteiger partial charge in [0.15, 0.2) is 0 Å². The van der Waals surface area contributed by atoms with E-state index in [0.29, 0.717) is 0 Å². The minimum Gasteiger partial charge on any atom is -0.850 e. The van der Waals surface area contributed by atoms with Gasteiger partial charge in [0.2, 0.25) is 0 Å². The smallest absolute Gasteiger partial charge is 0.850 e. The molecule has 0 atom stereocenters. The molecule has 0 aromatic rings. The average Bonchev–Trinajstić information content (AvgIpc) is 0.722. The number of rotatable bonds is 0. The summed E-state index contributed by atoms with van der Waals surface area (Å²) in [5.74, 6) is 0. The van der Waals surface area contributed by atoms with Crippen molar-refractivity contribution in [1.29, 1.82) is 0 Å². The fourth-order valence-corrected chi connectivity index (χ4v) is 0. The molecule has 0 saturated carbocycles. The van der Waals surface area contributed by atoms with Gasteiger partial charge in [-0.2, -0.15) is 11.8 Å². The second kappa shape index (κ2) is 4.19. The standard InChI is InChI=1S/H3O2PS2.Pr/c1-3(2,4)5;/h(H3,1,2,4,5);/q;+3/p-3. The summed E-state index contributed by atoms with van der Waals surface area (Å²) in [6.45, 7) is 0. The molecule has 0 amide bonds. The topological polar surface area (TPSA) is 46.1 Å². The summed E-state index contributed by atoms with van der Waals surface area (Å²) < 4.78 is 0. The Bertz CT molecular complexity index is 57.7. The van der Waals surface area contributed by atoms with E-state index < -0.39 is 5.69 Å². The van der Waals surface area contributed by atoms with Crippen LogP contribution in [0.1, 0.15) is 0 Å². The maximum Gasteiger partial charge on any atom is 3.00 e. The monoisotopic (exact) mass is 268 g/mol. The largest absolute Gasteiger partial charge is 3.00 e. The van der Waals surface area contributed by atoms with E-state index in [4.69, 9.17) is 0 Å². The van der Waals surface area contributed by atoms with Crippen LogP contribution in [0.5, 0.6) is 0 Å². The van der Waals surface area contributed by atoms with Gasteiger partial charge >= 0.3 is 41.3 Å². The summed E-state index contributed by atoms with van der Waals surface area (Å²) in [5.41, 5.74) is -3.72. The molecular weight excluding hydrogens is 268 g/mol. The van der Waals surface area contributed by atoms with Crippen LogP contribution < -0.4 is 9.79 Å². The van der Waals surface area contributed by atoms with Gasteiger partial charge in [0.1, 0.15) is 0 Å². The zero-order valence-electron chi connectivity index (χ0n) is 2.66. The van der Waals surface area contributed by atoms with Crippen LogP contribution in [-0.4, -0.2) is 0 Å². The van der Waals surface area contributed by atoms with Gasteiger partial charge in [-0.25, -0.2) is 0 Å². The van der Waals surface area contributed by atoms with Crippen LogP contribution in [0.4, 0.5) is 0 Å². The molecule has 6 heteroatoms. The summed E-state index contributed by atoms with van der Waals surface area (Å²) >= 11 is 7.28. The molecule has 32 valence electrons. The van der Waals surface area contributed by atoms with E-state index in [1.807, 2.05) is 0 Å². The van der Waals surface area contributed by atoms with Gasteiger partial charge in [-0.3, -0.25) is 0 Å². The van der Waals surface area contributed by atoms with Gasteiger partial charge in [-0.1, -0.05) is 0 Å². The third kappa shape index (κ3) is 33.6. The van der Waals surface area contributed by atoms with Gasteiger partial charge in [-0.15, -0.1) is 0 Å². The van der Waals surface area contributed by atoms with E-state index in [1.54, 1.807) is 0 Å². The second-order valence-corrected chi connectivity index (χ2v) is 4.92. The van der Waals surface area contributed by atoms with Crippen LogP contribution in [0.2, 0.25) is 0 Å². The molecule has 0 spiro atoms. The Labute approximate surface area is 79.6 Å². The fourth-order valence-electron chi connectivity index (χ4n) is 0. The third-order valence-electron chi connectivity index (χ3n) is 0. The van der Waals surface area contributed by atoms with Crippen LogP contribution in [0.25, 0.3) is 0 Å². The Hall–Kier alpha value is 2.28. The van der Waals surface area contributed by atoms with Crippen LogP contribution in [-0.2, 0) is 24.1 Å². The maximum absolute atomic E-state index is 9.29. The molecule has 0 saturated heterocycles. The molecule has 2 nitrogen and oxygen atoms in total. The second-order valence-electron chi connectivity index (χ2n) is 0.447. The molecule has 0 aliphatic carbocycles. The van der Waals surface area contributed by atoms with E-state index in [2.05, 4.69) is 24.1 Å². The van der Waals surface area contributed by atoms with Crippen molar-refractivity contribution in [3.05, 3.63) is 0 Å². The van der Waals surface area contributed by atoms with Crippen LogP contribution in [0.15, 0.2) is 0 Å². The van der Waals surface area contributed by atoms with Crippen LogP contribution in [0.3, 0.4) is 0 Å². The molecule has 0 bridgehead atoms. The summed E-state index contributed by atoms with van der Waals surface area (Å²) in [6.07, 6.45) is 0. The molecule has 0 unspecified atom stereocenters. The summed E-state index contributed by atoms with van der Waals surface area (Å²) in [7, 11) is 0. The van der Waals surface area contributed by atoms with Crippen molar-refractivity contribution in [3.63, 3.8) is 0 Å². The van der Waals surface area contributed by atoms with Gasteiger partial charge in [0.25, 0.3) is 0 Å². The Balaban J connectivity index is 0. The first-order valence-electron chi connectivity index (χ1n) is 0.730. The van der Waals surface area contributed by atoms with Crippen molar-refractivity contribution < 1.29 is 51.1 Å². The SMILES string of the molecule is [O-]P([O-])(=S)[S-].[Pr+3]. The first kappa shape index (κ1) is 11.1. The summed E-state index contributed by atoms with van der Waals surface area (Å²) in [5, 5.41) is 0. The Morgan fingerprint density at radius 2 is 1.50 bits per heavy atom. The van der Waals surface area contributed by atoms with Crippen molar-refractivity contribution in [2.24, 2.45) is 0 Å². The van der Waals surface area contributed by atoms with Crippen molar-refractivity contribution in [2.75, 3.05) is 0 Å². The van der Waals surface area contributed by atoms with Gasteiger partial charge in [-0.05, 0) is 0 Å². The normalized spacial score (nSPS) is 9.83. The van der Waals surface area contributed by atoms with Gasteiger partial charge in [0, 0.05) is 0 Å². The van der Waals surface area contributed by atoms with E-state index in [0.717, 1.165) is 0 Å². The van der Waals surface area contributed by atoms with E-state index in [9.17, 15) is 9.79 Å². The molecule has 0 rings (SSSR count). The van der Waals surface area contributed by atoms with Gasteiger partial charge in [0.05, 0.1) is 0 Å². The maximum atomic E-state index is 9.29. The van der Waals surface area contributed by atoms with Crippen LogP contribution >= 0.6 is 5.69 Å². The first-order valence-corrected chi connectivity index (χ1v) is 4.38. The molecule has 6 heavy (non-hydrogen) atoms. The van der Waals surface area contributed by atoms with Crippen LogP contribution in [0, 0.1) is 41.3 Å². The molecule has 0 aliphatic rings. The van der Waals surface area contributed by atoms with Crippen molar-refractivity contribution in [1.82, 2.24) is 0 Å². The zero-order valence-corrected chi connectivity index (χ0v) is 8.89. The van der Waals surface area contributed by atoms with E-state index in [-0.39, 0.29) is 41.3 Å². The first-order chi connectivity index (χ1) is 2.00. The minimum atomic E-state index is -3.72. The molecular formula is O2PPrS2. The molecule has 0 aromatic carbocycles. The molecule has 0 radical (unpaired) electrons. The van der Waals surface area contributed by atoms with E-state index >= 15 is 0 Å². The molecule has 0 aliphatic heterocycles. The van der Waals surface area contributed by atoms with Gasteiger partial charge < -0.3 is 27.7 Å². The average molecular weight is 268 g/mol. The number of hydrogen-bond donors (Lipinski definition) is 0. The predicted molar refractivity (Wildman–Crippen MR) is 21.6 cm³/mol. The van der Waals surface area contributed by atoms with Crippen molar-refractivity contribution in [2.45, 2.75) is 0 Å². The Kier molecular flexibility index (Phi) is 7.77. The number of hydrogen-bond acceptors (Lipinski definition) is 4. The fraction of sp³-hybridized carbons (Fsp3) is 0. The molecule has 0 aromatic heterocycles. The predicted octanol–water partition coefficient (Wildman–Crippen LogP) is -1.52. The summed E-state index contributed by atoms with van der Waals surface area (Å²) in [4.78, 5) is 18.6. The zero-order chi connectivity index (χ0) is 4.50. The molecule has 0 fully saturated rings. The van der Waals surface area contributed by atoms with Crippen molar-refractivity contribution >= 4 is 29.7 Å². The summed E-state index contributed by atoms with van der Waals surface area (Å²) in [6, 6.07) is 0. The Morgan fingerprint density at radius 1 is 1.50 bits per heavy atom. The molecule has 0 heterocycles. The van der Waals surface area contributed by atoms with E-state index in [1.165, 1.54) is 0 Å². The molecule has 0 N–H and O–H groups in total. The van der Waals surface area contributed by atoms with Crippen molar-refractivity contribution in [3.8, 4) is 0 Å². The minimum absolute atomic E-state index is 0. The third-order valence-corrected chi connectivity index (χ3v) is 0.